The maximum absolute atomic E-state index is 13.2. The second-order valence-electron chi connectivity index (χ2n) is 8.20. The second-order valence-corrected chi connectivity index (χ2v) is 8.20. The van der Waals surface area contributed by atoms with Crippen LogP contribution in [-0.2, 0) is 10.3 Å². The van der Waals surface area contributed by atoms with Gasteiger partial charge in [-0.2, -0.15) is 0 Å². The molecule has 1 saturated carbocycles. The monoisotopic (exact) mass is 398 g/mol. The summed E-state index contributed by atoms with van der Waals surface area (Å²) in [5.74, 6) is 0.357. The van der Waals surface area contributed by atoms with Crippen LogP contribution in [-0.4, -0.2) is 11.8 Å². The van der Waals surface area contributed by atoms with Crippen molar-refractivity contribution in [1.29, 1.82) is 0 Å². The van der Waals surface area contributed by atoms with Crippen molar-refractivity contribution in [2.75, 3.05) is 5.32 Å². The fourth-order valence-corrected chi connectivity index (χ4v) is 3.81. The number of rotatable bonds is 6. The number of anilines is 1. The molecule has 30 heavy (non-hydrogen) atoms. The van der Waals surface area contributed by atoms with Crippen molar-refractivity contribution in [3.63, 3.8) is 0 Å². The lowest BCUT2D eigenvalue weighted by molar-refractivity contribution is -0.117. The Balaban J connectivity index is 1.59. The van der Waals surface area contributed by atoms with E-state index in [-0.39, 0.29) is 17.7 Å². The van der Waals surface area contributed by atoms with Crippen molar-refractivity contribution in [2.24, 2.45) is 11.8 Å². The van der Waals surface area contributed by atoms with E-state index in [0.29, 0.717) is 17.2 Å². The summed E-state index contributed by atoms with van der Waals surface area (Å²) >= 11 is 0. The van der Waals surface area contributed by atoms with Crippen LogP contribution in [0, 0.1) is 11.8 Å². The molecule has 1 aliphatic carbocycles. The smallest absolute Gasteiger partial charge is 0.252 e. The van der Waals surface area contributed by atoms with Gasteiger partial charge in [0.25, 0.3) is 5.91 Å². The van der Waals surface area contributed by atoms with E-state index in [4.69, 9.17) is 0 Å². The minimum absolute atomic E-state index is 0.0264. The van der Waals surface area contributed by atoms with Gasteiger partial charge < -0.3 is 10.6 Å². The summed E-state index contributed by atoms with van der Waals surface area (Å²) in [5.41, 5.74) is 2.46. The van der Waals surface area contributed by atoms with Gasteiger partial charge in [0.15, 0.2) is 0 Å². The van der Waals surface area contributed by atoms with E-state index < -0.39 is 5.54 Å². The average molecular weight is 399 g/mol. The van der Waals surface area contributed by atoms with E-state index in [1.165, 1.54) is 0 Å². The quantitative estimate of drug-likeness (QED) is 0.616. The predicted molar refractivity (Wildman–Crippen MR) is 119 cm³/mol. The van der Waals surface area contributed by atoms with E-state index in [1.807, 2.05) is 73.7 Å². The van der Waals surface area contributed by atoms with E-state index >= 15 is 0 Å². The van der Waals surface area contributed by atoms with Gasteiger partial charge in [0, 0.05) is 17.2 Å². The fraction of sp³-hybridized carbons (Fsp3) is 0.231. The average Bonchev–Trinajstić information content (AvgIpc) is 3.52. The molecule has 1 aliphatic rings. The number of hydrogen-bond donors (Lipinski definition) is 2. The lowest BCUT2D eigenvalue weighted by Gasteiger charge is -2.32. The Morgan fingerprint density at radius 1 is 0.867 bits per heavy atom. The predicted octanol–water partition coefficient (Wildman–Crippen LogP) is 4.97. The van der Waals surface area contributed by atoms with Crippen LogP contribution in [0.5, 0.6) is 0 Å². The molecular formula is C26H26N2O2. The van der Waals surface area contributed by atoms with Crippen LogP contribution in [0.3, 0.4) is 0 Å². The van der Waals surface area contributed by atoms with Gasteiger partial charge in [-0.15, -0.1) is 0 Å². The topological polar surface area (TPSA) is 58.2 Å². The van der Waals surface area contributed by atoms with E-state index in [1.54, 1.807) is 18.2 Å². The van der Waals surface area contributed by atoms with E-state index in [9.17, 15) is 9.59 Å². The van der Waals surface area contributed by atoms with Gasteiger partial charge >= 0.3 is 0 Å². The zero-order valence-electron chi connectivity index (χ0n) is 17.3. The van der Waals surface area contributed by atoms with Crippen LogP contribution in [0.1, 0.15) is 41.8 Å². The van der Waals surface area contributed by atoms with Crippen LogP contribution in [0.15, 0.2) is 84.9 Å². The van der Waals surface area contributed by atoms with Crippen molar-refractivity contribution in [3.05, 3.63) is 102 Å². The first-order valence-corrected chi connectivity index (χ1v) is 10.3. The fourth-order valence-electron chi connectivity index (χ4n) is 3.81. The minimum atomic E-state index is -0.692. The molecule has 0 radical (unpaired) electrons. The van der Waals surface area contributed by atoms with Gasteiger partial charge in [-0.1, -0.05) is 73.7 Å². The molecular weight excluding hydrogens is 372 g/mol. The Labute approximate surface area is 177 Å². The lowest BCUT2D eigenvalue weighted by Crippen LogP contribution is -2.44. The first kappa shape index (κ1) is 19.9. The summed E-state index contributed by atoms with van der Waals surface area (Å²) in [7, 11) is 0. The molecule has 0 heterocycles. The molecule has 0 bridgehead atoms. The van der Waals surface area contributed by atoms with E-state index in [0.717, 1.165) is 17.5 Å². The van der Waals surface area contributed by atoms with E-state index in [2.05, 4.69) is 17.6 Å². The standard InChI is InChI=1S/C26H26N2O2/c1-18-16-23(18)25(30)27-22-15-9-10-19(17-22)24(29)28-26(2,20-11-5-3-6-12-20)21-13-7-4-8-14-21/h3-15,17-18,23H,16H2,1-2H3,(H,27,30)(H,28,29). The number of carbonyl (C=O) groups excluding carboxylic acids is 2. The van der Waals surface area contributed by atoms with Crippen molar-refractivity contribution in [3.8, 4) is 0 Å². The van der Waals surface area contributed by atoms with Crippen molar-refractivity contribution < 1.29 is 9.59 Å². The number of carbonyl (C=O) groups is 2. The van der Waals surface area contributed by atoms with Crippen molar-refractivity contribution >= 4 is 17.5 Å². The number of hydrogen-bond acceptors (Lipinski definition) is 2. The Hall–Kier alpha value is -3.40. The first-order chi connectivity index (χ1) is 14.5. The summed E-state index contributed by atoms with van der Waals surface area (Å²) in [4.78, 5) is 25.5. The second kappa shape index (κ2) is 8.15. The largest absolute Gasteiger partial charge is 0.339 e. The Morgan fingerprint density at radius 3 is 1.97 bits per heavy atom. The maximum Gasteiger partial charge on any atom is 0.252 e. The molecule has 2 atom stereocenters. The van der Waals surface area contributed by atoms with Crippen LogP contribution in [0.4, 0.5) is 5.69 Å². The molecule has 1 fully saturated rings. The molecule has 4 heteroatoms. The number of amides is 2. The SMILES string of the molecule is CC1CC1C(=O)Nc1cccc(C(=O)NC(C)(c2ccccc2)c2ccccc2)c1. The maximum atomic E-state index is 13.2. The van der Waals surface area contributed by atoms with Gasteiger partial charge in [-0.05, 0) is 48.6 Å². The highest BCUT2D eigenvalue weighted by molar-refractivity contribution is 5.98. The number of nitrogens with one attached hydrogen (secondary N) is 2. The highest BCUT2D eigenvalue weighted by Gasteiger charge is 2.39. The normalized spacial score (nSPS) is 17.8. The highest BCUT2D eigenvalue weighted by Crippen LogP contribution is 2.38. The molecule has 0 saturated heterocycles. The Bertz CT molecular complexity index is 1010. The van der Waals surface area contributed by atoms with Crippen LogP contribution in [0.2, 0.25) is 0 Å². The van der Waals surface area contributed by atoms with Gasteiger partial charge in [0.05, 0.1) is 5.54 Å². The Kier molecular flexibility index (Phi) is 5.40. The Morgan fingerprint density at radius 2 is 1.43 bits per heavy atom. The van der Waals surface area contributed by atoms with Gasteiger partial charge in [-0.25, -0.2) is 0 Å². The summed E-state index contributed by atoms with van der Waals surface area (Å²) < 4.78 is 0. The van der Waals surface area contributed by atoms with Crippen LogP contribution < -0.4 is 10.6 Å². The molecule has 0 aliphatic heterocycles. The van der Waals surface area contributed by atoms with Crippen LogP contribution >= 0.6 is 0 Å². The minimum Gasteiger partial charge on any atom is -0.339 e. The summed E-state index contributed by atoms with van der Waals surface area (Å²) in [5, 5.41) is 6.15. The highest BCUT2D eigenvalue weighted by atomic mass is 16.2. The van der Waals surface area contributed by atoms with Crippen molar-refractivity contribution in [2.45, 2.75) is 25.8 Å². The molecule has 2 amide bonds. The summed E-state index contributed by atoms with van der Waals surface area (Å²) in [6.45, 7) is 4.08. The third kappa shape index (κ3) is 4.13. The zero-order valence-corrected chi connectivity index (χ0v) is 17.3. The molecule has 3 aromatic rings. The summed E-state index contributed by atoms with van der Waals surface area (Å²) in [6, 6.07) is 27.0. The number of benzene rings is 3. The van der Waals surface area contributed by atoms with Crippen LogP contribution in [0.25, 0.3) is 0 Å². The molecule has 2 N–H and O–H groups in total. The van der Waals surface area contributed by atoms with Crippen molar-refractivity contribution in [1.82, 2.24) is 5.32 Å². The molecule has 152 valence electrons. The first-order valence-electron chi connectivity index (χ1n) is 10.3. The third-order valence-electron chi connectivity index (χ3n) is 5.90. The molecule has 4 rings (SSSR count). The molecule has 4 nitrogen and oxygen atoms in total. The van der Waals surface area contributed by atoms with Gasteiger partial charge in [0.2, 0.25) is 5.91 Å². The third-order valence-corrected chi connectivity index (χ3v) is 5.90. The van der Waals surface area contributed by atoms with Gasteiger partial charge in [-0.3, -0.25) is 9.59 Å². The lowest BCUT2D eigenvalue weighted by atomic mass is 9.84. The van der Waals surface area contributed by atoms with Gasteiger partial charge in [0.1, 0.15) is 0 Å². The zero-order chi connectivity index (χ0) is 21.1. The molecule has 0 spiro atoms. The summed E-state index contributed by atoms with van der Waals surface area (Å²) in [6.07, 6.45) is 0.929. The molecule has 3 aromatic carbocycles. The molecule has 2 unspecified atom stereocenters. The molecule has 0 aromatic heterocycles.